The summed E-state index contributed by atoms with van der Waals surface area (Å²) in [5, 5.41) is 10.6. The predicted octanol–water partition coefficient (Wildman–Crippen LogP) is 1.83. The molecule has 110 valence electrons. The molecule has 0 aromatic heterocycles. The standard InChI is InChI=1S/C12H12F3NO4/c13-12(14,15)11(19)16-6-3-7-20-9-5-2-1-4-8(9)10(17)18/h1-2,4-5H,3,6-7H2,(H,16,19)(H,17,18). The summed E-state index contributed by atoms with van der Waals surface area (Å²) in [6, 6.07) is 5.90. The van der Waals surface area contributed by atoms with Crippen LogP contribution in [-0.4, -0.2) is 36.3 Å². The first-order valence-corrected chi connectivity index (χ1v) is 5.62. The molecule has 20 heavy (non-hydrogen) atoms. The second-order valence-corrected chi connectivity index (χ2v) is 3.76. The lowest BCUT2D eigenvalue weighted by atomic mass is 10.2. The fourth-order valence-electron chi connectivity index (χ4n) is 1.33. The van der Waals surface area contributed by atoms with E-state index >= 15 is 0 Å². The number of benzene rings is 1. The number of alkyl halides is 3. The van der Waals surface area contributed by atoms with Crippen LogP contribution < -0.4 is 10.1 Å². The molecule has 0 bridgehead atoms. The number of halogens is 3. The van der Waals surface area contributed by atoms with Gasteiger partial charge < -0.3 is 15.2 Å². The Bertz CT molecular complexity index is 488. The summed E-state index contributed by atoms with van der Waals surface area (Å²) in [5.41, 5.74) is -0.0353. The molecule has 0 unspecified atom stereocenters. The van der Waals surface area contributed by atoms with Crippen molar-refractivity contribution in [1.82, 2.24) is 5.32 Å². The molecular formula is C12H12F3NO4. The van der Waals surface area contributed by atoms with Gasteiger partial charge in [0.25, 0.3) is 0 Å². The van der Waals surface area contributed by atoms with E-state index in [1.807, 2.05) is 0 Å². The Balaban J connectivity index is 2.36. The number of carbonyl (C=O) groups is 2. The molecule has 5 nitrogen and oxygen atoms in total. The zero-order valence-corrected chi connectivity index (χ0v) is 10.2. The third-order valence-electron chi connectivity index (χ3n) is 2.24. The monoisotopic (exact) mass is 291 g/mol. The number of hydrogen-bond donors (Lipinski definition) is 2. The number of carbonyl (C=O) groups excluding carboxylic acids is 1. The van der Waals surface area contributed by atoms with E-state index in [1.54, 1.807) is 11.4 Å². The summed E-state index contributed by atoms with van der Waals surface area (Å²) in [7, 11) is 0. The minimum atomic E-state index is -4.91. The number of rotatable bonds is 6. The van der Waals surface area contributed by atoms with Crippen LogP contribution in [0.5, 0.6) is 5.75 Å². The number of carboxylic acid groups (broad SMARTS) is 1. The van der Waals surface area contributed by atoms with Gasteiger partial charge in [0.2, 0.25) is 0 Å². The number of ether oxygens (including phenoxy) is 1. The molecule has 0 spiro atoms. The zero-order valence-electron chi connectivity index (χ0n) is 10.2. The van der Waals surface area contributed by atoms with Crippen LogP contribution in [0, 0.1) is 0 Å². The molecule has 0 saturated heterocycles. The highest BCUT2D eigenvalue weighted by Gasteiger charge is 2.38. The Morgan fingerprint density at radius 3 is 2.50 bits per heavy atom. The van der Waals surface area contributed by atoms with Crippen LogP contribution in [0.15, 0.2) is 24.3 Å². The van der Waals surface area contributed by atoms with Gasteiger partial charge in [0.1, 0.15) is 11.3 Å². The lowest BCUT2D eigenvalue weighted by molar-refractivity contribution is -0.173. The van der Waals surface area contributed by atoms with Gasteiger partial charge in [-0.3, -0.25) is 4.79 Å². The Morgan fingerprint density at radius 1 is 1.25 bits per heavy atom. The van der Waals surface area contributed by atoms with E-state index in [1.165, 1.54) is 18.2 Å². The summed E-state index contributed by atoms with van der Waals surface area (Å²) in [5.74, 6) is -3.04. The van der Waals surface area contributed by atoms with Crippen LogP contribution in [0.2, 0.25) is 0 Å². The molecule has 0 radical (unpaired) electrons. The molecule has 1 aromatic rings. The van der Waals surface area contributed by atoms with E-state index in [2.05, 4.69) is 0 Å². The van der Waals surface area contributed by atoms with Crippen LogP contribution in [-0.2, 0) is 4.79 Å². The minimum absolute atomic E-state index is 0.0115. The fraction of sp³-hybridized carbons (Fsp3) is 0.333. The van der Waals surface area contributed by atoms with Crippen LogP contribution >= 0.6 is 0 Å². The SMILES string of the molecule is O=C(O)c1ccccc1OCCCNC(=O)C(F)(F)F. The van der Waals surface area contributed by atoms with Crippen LogP contribution in [0.1, 0.15) is 16.8 Å². The molecule has 2 N–H and O–H groups in total. The summed E-state index contributed by atoms with van der Waals surface area (Å²) >= 11 is 0. The predicted molar refractivity (Wildman–Crippen MR) is 62.6 cm³/mol. The molecule has 1 amide bonds. The van der Waals surface area contributed by atoms with Crippen molar-refractivity contribution in [3.8, 4) is 5.75 Å². The number of amides is 1. The largest absolute Gasteiger partial charge is 0.493 e. The van der Waals surface area contributed by atoms with Crippen molar-refractivity contribution in [1.29, 1.82) is 0 Å². The third kappa shape index (κ3) is 4.79. The lowest BCUT2D eigenvalue weighted by Crippen LogP contribution is -2.37. The quantitative estimate of drug-likeness (QED) is 0.784. The maximum atomic E-state index is 11.9. The molecule has 1 rings (SSSR count). The molecule has 8 heteroatoms. The van der Waals surface area contributed by atoms with Crippen molar-refractivity contribution in [2.24, 2.45) is 0 Å². The normalized spacial score (nSPS) is 10.9. The van der Waals surface area contributed by atoms with Crippen molar-refractivity contribution in [2.75, 3.05) is 13.2 Å². The van der Waals surface area contributed by atoms with Gasteiger partial charge in [-0.2, -0.15) is 13.2 Å². The van der Waals surface area contributed by atoms with E-state index in [9.17, 15) is 22.8 Å². The summed E-state index contributed by atoms with van der Waals surface area (Å²) in [6.45, 7) is -0.226. The molecule has 0 atom stereocenters. The number of aromatic carboxylic acids is 1. The average Bonchev–Trinajstić information content (AvgIpc) is 2.37. The topological polar surface area (TPSA) is 75.6 Å². The first-order valence-electron chi connectivity index (χ1n) is 5.62. The number of carboxylic acids is 1. The van der Waals surface area contributed by atoms with Crippen LogP contribution in [0.25, 0.3) is 0 Å². The second kappa shape index (κ2) is 6.78. The minimum Gasteiger partial charge on any atom is -0.493 e. The molecule has 0 aliphatic carbocycles. The highest BCUT2D eigenvalue weighted by Crippen LogP contribution is 2.18. The molecule has 0 aliphatic rings. The zero-order chi connectivity index (χ0) is 15.2. The van der Waals surface area contributed by atoms with Crippen molar-refractivity contribution >= 4 is 11.9 Å². The molecule has 0 heterocycles. The van der Waals surface area contributed by atoms with Crippen LogP contribution in [0.3, 0.4) is 0 Å². The first kappa shape index (κ1) is 15.8. The molecular weight excluding hydrogens is 279 g/mol. The Labute approximate surface area is 112 Å². The summed E-state index contributed by atoms with van der Waals surface area (Å²) < 4.78 is 40.7. The second-order valence-electron chi connectivity index (χ2n) is 3.76. The van der Waals surface area contributed by atoms with Gasteiger partial charge in [0.15, 0.2) is 0 Å². The summed E-state index contributed by atoms with van der Waals surface area (Å²) in [6.07, 6.45) is -4.79. The molecule has 0 fully saturated rings. The smallest absolute Gasteiger partial charge is 0.471 e. The van der Waals surface area contributed by atoms with E-state index in [-0.39, 0.29) is 30.9 Å². The van der Waals surface area contributed by atoms with Gasteiger partial charge in [0.05, 0.1) is 6.61 Å². The Morgan fingerprint density at radius 2 is 1.90 bits per heavy atom. The highest BCUT2D eigenvalue weighted by molar-refractivity contribution is 5.90. The summed E-state index contributed by atoms with van der Waals surface area (Å²) in [4.78, 5) is 21.3. The van der Waals surface area contributed by atoms with Gasteiger partial charge in [-0.15, -0.1) is 0 Å². The maximum absolute atomic E-state index is 11.9. The third-order valence-corrected chi connectivity index (χ3v) is 2.24. The van der Waals surface area contributed by atoms with Gasteiger partial charge >= 0.3 is 18.1 Å². The fourth-order valence-corrected chi connectivity index (χ4v) is 1.33. The number of para-hydroxylation sites is 1. The number of nitrogens with one attached hydrogen (secondary N) is 1. The average molecular weight is 291 g/mol. The van der Waals surface area contributed by atoms with Crippen molar-refractivity contribution in [2.45, 2.75) is 12.6 Å². The van der Waals surface area contributed by atoms with Crippen molar-refractivity contribution < 1.29 is 32.6 Å². The first-order chi connectivity index (χ1) is 9.32. The van der Waals surface area contributed by atoms with E-state index in [4.69, 9.17) is 9.84 Å². The van der Waals surface area contributed by atoms with E-state index < -0.39 is 18.1 Å². The lowest BCUT2D eigenvalue weighted by Gasteiger charge is -2.10. The molecule has 0 saturated carbocycles. The number of hydrogen-bond acceptors (Lipinski definition) is 3. The van der Waals surface area contributed by atoms with Gasteiger partial charge in [-0.05, 0) is 18.6 Å². The van der Waals surface area contributed by atoms with E-state index in [0.717, 1.165) is 0 Å². The van der Waals surface area contributed by atoms with E-state index in [0.29, 0.717) is 0 Å². The molecule has 1 aromatic carbocycles. The van der Waals surface area contributed by atoms with Crippen LogP contribution in [0.4, 0.5) is 13.2 Å². The van der Waals surface area contributed by atoms with Gasteiger partial charge in [-0.1, -0.05) is 12.1 Å². The van der Waals surface area contributed by atoms with Crippen molar-refractivity contribution in [3.05, 3.63) is 29.8 Å². The van der Waals surface area contributed by atoms with Gasteiger partial charge in [-0.25, -0.2) is 4.79 Å². The highest BCUT2D eigenvalue weighted by atomic mass is 19.4. The molecule has 0 aliphatic heterocycles. The maximum Gasteiger partial charge on any atom is 0.471 e. The van der Waals surface area contributed by atoms with Crippen molar-refractivity contribution in [3.63, 3.8) is 0 Å². The Hall–Kier alpha value is -2.25. The Kier molecular flexibility index (Phi) is 5.36. The van der Waals surface area contributed by atoms with Gasteiger partial charge in [0, 0.05) is 6.54 Å².